The second-order valence-electron chi connectivity index (χ2n) is 7.41. The minimum absolute atomic E-state index is 0.174. The molecule has 0 unspecified atom stereocenters. The molecule has 0 aromatic heterocycles. The number of cyclic esters (lactones) is 1. The van der Waals surface area contributed by atoms with Crippen LogP contribution in [-0.2, 0) is 9.53 Å². The van der Waals surface area contributed by atoms with E-state index < -0.39 is 11.9 Å². The molecule has 0 radical (unpaired) electrons. The Morgan fingerprint density at radius 2 is 1.79 bits per heavy atom. The van der Waals surface area contributed by atoms with Gasteiger partial charge in [-0.3, -0.25) is 0 Å². The first-order valence-electron chi connectivity index (χ1n) is 10.1. The molecular formula is C26H20INO5. The van der Waals surface area contributed by atoms with Crippen molar-refractivity contribution in [3.05, 3.63) is 97.7 Å². The van der Waals surface area contributed by atoms with E-state index in [-0.39, 0.29) is 17.3 Å². The normalized spacial score (nSPS) is 14.1. The highest BCUT2D eigenvalue weighted by Gasteiger charge is 2.24. The van der Waals surface area contributed by atoms with Gasteiger partial charge in [0.15, 0.2) is 17.2 Å². The molecule has 7 heteroatoms. The number of ether oxygens (including phenoxy) is 3. The number of aliphatic imine (C=N–C) groups is 1. The molecule has 0 saturated heterocycles. The van der Waals surface area contributed by atoms with E-state index in [2.05, 4.69) is 27.6 Å². The lowest BCUT2D eigenvalue weighted by Crippen LogP contribution is -2.10. The van der Waals surface area contributed by atoms with E-state index in [1.807, 2.05) is 44.2 Å². The maximum atomic E-state index is 12.6. The number of halogens is 1. The van der Waals surface area contributed by atoms with Crippen LogP contribution < -0.4 is 9.47 Å². The summed E-state index contributed by atoms with van der Waals surface area (Å²) in [5.74, 6) is -0.105. The second kappa shape index (κ2) is 9.58. The predicted molar refractivity (Wildman–Crippen MR) is 134 cm³/mol. The monoisotopic (exact) mass is 553 g/mol. The number of hydrogen-bond acceptors (Lipinski definition) is 6. The van der Waals surface area contributed by atoms with Crippen molar-refractivity contribution in [3.8, 4) is 11.5 Å². The maximum absolute atomic E-state index is 12.6. The molecule has 0 atom stereocenters. The molecule has 33 heavy (non-hydrogen) atoms. The van der Waals surface area contributed by atoms with Crippen molar-refractivity contribution < 1.29 is 23.8 Å². The Balaban J connectivity index is 1.59. The quantitative estimate of drug-likeness (QED) is 0.181. The number of benzene rings is 3. The summed E-state index contributed by atoms with van der Waals surface area (Å²) in [7, 11) is 1.48. The minimum atomic E-state index is -0.532. The second-order valence-corrected chi connectivity index (χ2v) is 8.58. The lowest BCUT2D eigenvalue weighted by Gasteiger charge is -2.11. The SMILES string of the molecule is COc1cc(/C=C2\N=C(c3ccc(I)c(C)c3)OC2=O)ccc1OC(=O)c1ccccc1C. The van der Waals surface area contributed by atoms with Crippen LogP contribution in [0.25, 0.3) is 6.08 Å². The summed E-state index contributed by atoms with van der Waals surface area (Å²) in [5, 5.41) is 0. The van der Waals surface area contributed by atoms with Crippen molar-refractivity contribution >= 4 is 46.5 Å². The van der Waals surface area contributed by atoms with Crippen LogP contribution in [0.1, 0.15) is 32.6 Å². The molecule has 3 aromatic rings. The van der Waals surface area contributed by atoms with E-state index >= 15 is 0 Å². The van der Waals surface area contributed by atoms with Gasteiger partial charge in [0.25, 0.3) is 0 Å². The predicted octanol–water partition coefficient (Wildman–Crippen LogP) is 5.48. The summed E-state index contributed by atoms with van der Waals surface area (Å²) in [6.07, 6.45) is 1.60. The summed E-state index contributed by atoms with van der Waals surface area (Å²) in [6.45, 7) is 3.83. The van der Waals surface area contributed by atoms with E-state index in [1.165, 1.54) is 7.11 Å². The summed E-state index contributed by atoms with van der Waals surface area (Å²) < 4.78 is 17.4. The first kappa shape index (κ1) is 22.7. The van der Waals surface area contributed by atoms with Crippen LogP contribution in [0.4, 0.5) is 0 Å². The Morgan fingerprint density at radius 1 is 1.00 bits per heavy atom. The first-order valence-corrected chi connectivity index (χ1v) is 11.2. The van der Waals surface area contributed by atoms with Crippen LogP contribution in [0.3, 0.4) is 0 Å². The molecule has 6 nitrogen and oxygen atoms in total. The number of carbonyl (C=O) groups is 2. The number of hydrogen-bond donors (Lipinski definition) is 0. The fourth-order valence-electron chi connectivity index (χ4n) is 3.28. The van der Waals surface area contributed by atoms with Crippen LogP contribution in [0.5, 0.6) is 11.5 Å². The van der Waals surface area contributed by atoms with Gasteiger partial charge >= 0.3 is 11.9 Å². The molecule has 0 spiro atoms. The van der Waals surface area contributed by atoms with Crippen LogP contribution in [0, 0.1) is 17.4 Å². The largest absolute Gasteiger partial charge is 0.493 e. The topological polar surface area (TPSA) is 74.2 Å². The van der Waals surface area contributed by atoms with Crippen molar-refractivity contribution in [3.63, 3.8) is 0 Å². The van der Waals surface area contributed by atoms with Crippen molar-refractivity contribution in [1.29, 1.82) is 0 Å². The fraction of sp³-hybridized carbons (Fsp3) is 0.115. The molecule has 0 saturated carbocycles. The van der Waals surface area contributed by atoms with Gasteiger partial charge < -0.3 is 14.2 Å². The van der Waals surface area contributed by atoms with Crippen molar-refractivity contribution in [1.82, 2.24) is 0 Å². The van der Waals surface area contributed by atoms with Crippen LogP contribution in [-0.4, -0.2) is 24.9 Å². The fourth-order valence-corrected chi connectivity index (χ4v) is 3.62. The Kier molecular flexibility index (Phi) is 6.60. The molecule has 0 aliphatic carbocycles. The highest BCUT2D eigenvalue weighted by molar-refractivity contribution is 14.1. The molecule has 0 fully saturated rings. The van der Waals surface area contributed by atoms with Gasteiger partial charge in [-0.05, 0) is 95.6 Å². The lowest BCUT2D eigenvalue weighted by molar-refractivity contribution is -0.129. The van der Waals surface area contributed by atoms with Crippen molar-refractivity contribution in [2.75, 3.05) is 7.11 Å². The van der Waals surface area contributed by atoms with Gasteiger partial charge in [0.1, 0.15) is 0 Å². The van der Waals surface area contributed by atoms with E-state index in [4.69, 9.17) is 14.2 Å². The zero-order valence-corrected chi connectivity index (χ0v) is 20.4. The van der Waals surface area contributed by atoms with Gasteiger partial charge in [0.05, 0.1) is 12.7 Å². The molecule has 4 rings (SSSR count). The van der Waals surface area contributed by atoms with Gasteiger partial charge in [0, 0.05) is 9.13 Å². The standard InChI is InChI=1S/C26H20INO5/c1-15-6-4-5-7-19(15)25(29)32-22-11-8-17(14-23(22)31-3)13-21-26(30)33-24(28-21)18-9-10-20(27)16(2)12-18/h4-14H,1-3H3/b21-13-. The highest BCUT2D eigenvalue weighted by Crippen LogP contribution is 2.31. The number of rotatable bonds is 5. The van der Waals surface area contributed by atoms with Gasteiger partial charge in [-0.2, -0.15) is 0 Å². The zero-order chi connectivity index (χ0) is 23.5. The molecule has 1 heterocycles. The molecule has 1 aliphatic rings. The Morgan fingerprint density at radius 3 is 2.52 bits per heavy atom. The first-order chi connectivity index (χ1) is 15.9. The average molecular weight is 553 g/mol. The van der Waals surface area contributed by atoms with Crippen LogP contribution in [0.2, 0.25) is 0 Å². The smallest absolute Gasteiger partial charge is 0.363 e. The number of nitrogens with zero attached hydrogens (tertiary/aromatic N) is 1. The molecule has 166 valence electrons. The van der Waals surface area contributed by atoms with E-state index in [0.29, 0.717) is 16.9 Å². The molecule has 1 aliphatic heterocycles. The van der Waals surface area contributed by atoms with Crippen LogP contribution >= 0.6 is 22.6 Å². The maximum Gasteiger partial charge on any atom is 0.363 e. The van der Waals surface area contributed by atoms with E-state index in [1.54, 1.807) is 36.4 Å². The molecule has 0 N–H and O–H groups in total. The third kappa shape index (κ3) is 4.98. The van der Waals surface area contributed by atoms with Gasteiger partial charge in [-0.1, -0.05) is 24.3 Å². The summed E-state index contributed by atoms with van der Waals surface area (Å²) in [4.78, 5) is 29.3. The molecule has 0 amide bonds. The molecule has 0 bridgehead atoms. The molecule has 3 aromatic carbocycles. The van der Waals surface area contributed by atoms with Crippen LogP contribution in [0.15, 0.2) is 71.4 Å². The van der Waals surface area contributed by atoms with Gasteiger partial charge in [-0.15, -0.1) is 0 Å². The number of carbonyl (C=O) groups excluding carboxylic acids is 2. The Labute approximate surface area is 205 Å². The van der Waals surface area contributed by atoms with Gasteiger partial charge in [0.2, 0.25) is 5.90 Å². The third-order valence-corrected chi connectivity index (χ3v) is 6.29. The third-order valence-electron chi connectivity index (χ3n) is 5.08. The summed E-state index contributed by atoms with van der Waals surface area (Å²) >= 11 is 2.25. The van der Waals surface area contributed by atoms with Gasteiger partial charge in [-0.25, -0.2) is 14.6 Å². The Hall–Kier alpha value is -3.46. The Bertz CT molecular complexity index is 1330. The summed E-state index contributed by atoms with van der Waals surface area (Å²) in [5.41, 5.74) is 3.93. The average Bonchev–Trinajstić information content (AvgIpc) is 3.16. The summed E-state index contributed by atoms with van der Waals surface area (Å²) in [6, 6.07) is 17.9. The van der Waals surface area contributed by atoms with Crippen molar-refractivity contribution in [2.24, 2.45) is 4.99 Å². The van der Waals surface area contributed by atoms with E-state index in [9.17, 15) is 9.59 Å². The number of esters is 2. The minimum Gasteiger partial charge on any atom is -0.493 e. The van der Waals surface area contributed by atoms with Crippen molar-refractivity contribution in [2.45, 2.75) is 13.8 Å². The lowest BCUT2D eigenvalue weighted by atomic mass is 10.1. The van der Waals surface area contributed by atoms with E-state index in [0.717, 1.165) is 20.3 Å². The molecular weight excluding hydrogens is 533 g/mol. The number of aryl methyl sites for hydroxylation is 2. The number of methoxy groups -OCH3 is 1. The highest BCUT2D eigenvalue weighted by atomic mass is 127. The zero-order valence-electron chi connectivity index (χ0n) is 18.2.